The normalized spacial score (nSPS) is 20.9. The summed E-state index contributed by atoms with van der Waals surface area (Å²) in [6.07, 6.45) is 1.02. The van der Waals surface area contributed by atoms with Crippen molar-refractivity contribution in [1.82, 2.24) is 4.90 Å². The van der Waals surface area contributed by atoms with Crippen LogP contribution in [-0.4, -0.2) is 36.7 Å². The van der Waals surface area contributed by atoms with Gasteiger partial charge in [0.1, 0.15) is 23.7 Å². The Morgan fingerprint density at radius 1 is 1.12 bits per heavy atom. The first-order valence-corrected chi connectivity index (χ1v) is 8.49. The average molecular weight is 326 g/mol. The molecular formula is C20H26N2O2. The summed E-state index contributed by atoms with van der Waals surface area (Å²) in [6, 6.07) is 15.8. The molecule has 3 rings (SSSR count). The topological polar surface area (TPSA) is 47.7 Å². The van der Waals surface area contributed by atoms with Crippen LogP contribution >= 0.6 is 0 Å². The van der Waals surface area contributed by atoms with Gasteiger partial charge in [0.2, 0.25) is 0 Å². The summed E-state index contributed by atoms with van der Waals surface area (Å²) < 4.78 is 12.0. The summed E-state index contributed by atoms with van der Waals surface area (Å²) in [5, 5.41) is 0. The second-order valence-electron chi connectivity index (χ2n) is 6.76. The van der Waals surface area contributed by atoms with Crippen molar-refractivity contribution in [1.29, 1.82) is 0 Å². The van der Waals surface area contributed by atoms with Crippen molar-refractivity contribution < 1.29 is 9.47 Å². The van der Waals surface area contributed by atoms with Gasteiger partial charge in [-0.15, -0.1) is 0 Å². The molecule has 0 amide bonds. The molecule has 0 aromatic heterocycles. The van der Waals surface area contributed by atoms with Gasteiger partial charge in [-0.25, -0.2) is 0 Å². The van der Waals surface area contributed by atoms with E-state index < -0.39 is 0 Å². The second-order valence-corrected chi connectivity index (χ2v) is 6.76. The second kappa shape index (κ2) is 7.14. The summed E-state index contributed by atoms with van der Waals surface area (Å²) in [6.45, 7) is 7.73. The zero-order valence-electron chi connectivity index (χ0n) is 14.5. The van der Waals surface area contributed by atoms with E-state index in [1.54, 1.807) is 0 Å². The molecule has 4 nitrogen and oxygen atoms in total. The Kier molecular flexibility index (Phi) is 4.95. The van der Waals surface area contributed by atoms with Crippen LogP contribution in [0.4, 0.5) is 5.69 Å². The molecular weight excluding hydrogens is 300 g/mol. The minimum absolute atomic E-state index is 0.157. The molecule has 1 aliphatic rings. The first-order chi connectivity index (χ1) is 11.5. The highest BCUT2D eigenvalue weighted by atomic mass is 16.5. The number of nitrogen functional groups attached to an aromatic ring is 1. The highest BCUT2D eigenvalue weighted by Crippen LogP contribution is 2.29. The summed E-state index contributed by atoms with van der Waals surface area (Å²) >= 11 is 0. The molecule has 0 bridgehead atoms. The number of rotatable bonds is 6. The van der Waals surface area contributed by atoms with Crippen LogP contribution in [0.15, 0.2) is 48.5 Å². The van der Waals surface area contributed by atoms with E-state index in [1.165, 1.54) is 0 Å². The van der Waals surface area contributed by atoms with Gasteiger partial charge in [0.25, 0.3) is 0 Å². The van der Waals surface area contributed by atoms with Crippen LogP contribution in [0, 0.1) is 6.92 Å². The van der Waals surface area contributed by atoms with Crippen molar-refractivity contribution in [2.24, 2.45) is 0 Å². The molecule has 0 radical (unpaired) electrons. The molecule has 0 spiro atoms. The third kappa shape index (κ3) is 4.20. The standard InChI is InChI=1S/C20H26N2O2/c1-16-14-18(8-9-19(16)21)24-20(2)10-11-22(15-20)12-13-23-17-6-4-3-5-7-17/h3-9,14H,10-13,15,21H2,1-2H3. The van der Waals surface area contributed by atoms with Gasteiger partial charge < -0.3 is 15.2 Å². The number of nitrogens with zero attached hydrogens (tertiary/aromatic N) is 1. The Bertz CT molecular complexity index is 675. The first-order valence-electron chi connectivity index (χ1n) is 8.49. The monoisotopic (exact) mass is 326 g/mol. The number of nitrogens with two attached hydrogens (primary N) is 1. The summed E-state index contributed by atoms with van der Waals surface area (Å²) in [5.74, 6) is 1.82. The number of aryl methyl sites for hydroxylation is 1. The lowest BCUT2D eigenvalue weighted by Crippen LogP contribution is -2.37. The molecule has 1 atom stereocenters. The van der Waals surface area contributed by atoms with Crippen LogP contribution in [0.2, 0.25) is 0 Å². The molecule has 24 heavy (non-hydrogen) atoms. The molecule has 1 aliphatic heterocycles. The number of hydrogen-bond donors (Lipinski definition) is 1. The third-order valence-corrected chi connectivity index (χ3v) is 4.54. The smallest absolute Gasteiger partial charge is 0.120 e. The quantitative estimate of drug-likeness (QED) is 0.826. The van der Waals surface area contributed by atoms with Crippen molar-refractivity contribution in [3.63, 3.8) is 0 Å². The zero-order chi connectivity index (χ0) is 17.0. The Morgan fingerprint density at radius 2 is 1.92 bits per heavy atom. The molecule has 1 unspecified atom stereocenters. The maximum absolute atomic E-state index is 6.26. The number of hydrogen-bond acceptors (Lipinski definition) is 4. The van der Waals surface area contributed by atoms with E-state index >= 15 is 0 Å². The first kappa shape index (κ1) is 16.7. The molecule has 4 heteroatoms. The largest absolute Gasteiger partial charge is 0.492 e. The summed E-state index contributed by atoms with van der Waals surface area (Å²) in [5.41, 5.74) is 7.58. The van der Waals surface area contributed by atoms with Crippen molar-refractivity contribution >= 4 is 5.69 Å². The van der Waals surface area contributed by atoms with Crippen molar-refractivity contribution in [3.8, 4) is 11.5 Å². The highest BCUT2D eigenvalue weighted by molar-refractivity contribution is 5.49. The third-order valence-electron chi connectivity index (χ3n) is 4.54. The fraction of sp³-hybridized carbons (Fsp3) is 0.400. The zero-order valence-corrected chi connectivity index (χ0v) is 14.5. The molecule has 1 heterocycles. The van der Waals surface area contributed by atoms with E-state index in [4.69, 9.17) is 15.2 Å². The summed E-state index contributed by atoms with van der Waals surface area (Å²) in [4.78, 5) is 2.40. The van der Waals surface area contributed by atoms with Crippen molar-refractivity contribution in [3.05, 3.63) is 54.1 Å². The lowest BCUT2D eigenvalue weighted by atomic mass is 10.1. The van der Waals surface area contributed by atoms with Gasteiger partial charge in [0.15, 0.2) is 0 Å². The maximum atomic E-state index is 6.26. The van der Waals surface area contributed by atoms with E-state index in [1.807, 2.05) is 55.5 Å². The Morgan fingerprint density at radius 3 is 2.67 bits per heavy atom. The lowest BCUT2D eigenvalue weighted by molar-refractivity contribution is 0.0934. The average Bonchev–Trinajstić information content (AvgIpc) is 2.93. The van der Waals surface area contributed by atoms with Crippen molar-refractivity contribution in [2.45, 2.75) is 25.9 Å². The fourth-order valence-corrected chi connectivity index (χ4v) is 3.11. The van der Waals surface area contributed by atoms with Gasteiger partial charge in [0.05, 0.1) is 0 Å². The van der Waals surface area contributed by atoms with E-state index in [9.17, 15) is 0 Å². The minimum Gasteiger partial charge on any atom is -0.492 e. The molecule has 128 valence electrons. The molecule has 1 fully saturated rings. The van der Waals surface area contributed by atoms with Crippen LogP contribution < -0.4 is 15.2 Å². The van der Waals surface area contributed by atoms with Crippen LogP contribution in [0.1, 0.15) is 18.9 Å². The van der Waals surface area contributed by atoms with Crippen molar-refractivity contribution in [2.75, 3.05) is 32.0 Å². The molecule has 0 aliphatic carbocycles. The fourth-order valence-electron chi connectivity index (χ4n) is 3.11. The highest BCUT2D eigenvalue weighted by Gasteiger charge is 2.35. The summed E-state index contributed by atoms with van der Waals surface area (Å²) in [7, 11) is 0. The molecule has 2 aromatic carbocycles. The Balaban J connectivity index is 1.49. The molecule has 2 aromatic rings. The van der Waals surface area contributed by atoms with Crippen LogP contribution in [0.3, 0.4) is 0 Å². The number of benzene rings is 2. The van der Waals surface area contributed by atoms with Crippen LogP contribution in [0.5, 0.6) is 11.5 Å². The Hall–Kier alpha value is -2.20. The number of ether oxygens (including phenoxy) is 2. The van der Waals surface area contributed by atoms with Gasteiger partial charge in [-0.05, 0) is 49.7 Å². The van der Waals surface area contributed by atoms with Crippen LogP contribution in [0.25, 0.3) is 0 Å². The van der Waals surface area contributed by atoms with E-state index in [0.29, 0.717) is 6.61 Å². The molecule has 0 saturated carbocycles. The van der Waals surface area contributed by atoms with Gasteiger partial charge in [-0.2, -0.15) is 0 Å². The van der Waals surface area contributed by atoms with E-state index in [2.05, 4.69) is 11.8 Å². The number of likely N-dealkylation sites (tertiary alicyclic amines) is 1. The number of anilines is 1. The SMILES string of the molecule is Cc1cc(OC2(C)CCN(CCOc3ccccc3)C2)ccc1N. The van der Waals surface area contributed by atoms with E-state index in [-0.39, 0.29) is 5.60 Å². The van der Waals surface area contributed by atoms with Crippen LogP contribution in [-0.2, 0) is 0 Å². The van der Waals surface area contributed by atoms with Gasteiger partial charge >= 0.3 is 0 Å². The van der Waals surface area contributed by atoms with Gasteiger partial charge in [0, 0.05) is 31.7 Å². The van der Waals surface area contributed by atoms with Gasteiger partial charge in [-0.3, -0.25) is 4.90 Å². The molecule has 2 N–H and O–H groups in total. The minimum atomic E-state index is -0.157. The molecule has 1 saturated heterocycles. The lowest BCUT2D eigenvalue weighted by Gasteiger charge is -2.27. The number of para-hydroxylation sites is 1. The predicted octanol–water partition coefficient (Wildman–Crippen LogP) is 3.50. The van der Waals surface area contributed by atoms with Gasteiger partial charge in [-0.1, -0.05) is 18.2 Å². The maximum Gasteiger partial charge on any atom is 0.120 e. The predicted molar refractivity (Wildman–Crippen MR) is 97.6 cm³/mol. The van der Waals surface area contributed by atoms with E-state index in [0.717, 1.165) is 48.8 Å². The Labute approximate surface area is 144 Å².